The number of nitrogens with one attached hydrogen (secondary N) is 1. The number of amides is 1. The highest BCUT2D eigenvalue weighted by atomic mass is 32.2. The minimum absolute atomic E-state index is 0.201. The number of thioether (sulfide) groups is 1. The number of rotatable bonds is 5. The van der Waals surface area contributed by atoms with Crippen LogP contribution in [0.5, 0.6) is 0 Å². The summed E-state index contributed by atoms with van der Waals surface area (Å²) in [5.74, 6) is 0.884. The fraction of sp³-hybridized carbons (Fsp3) is 0.0435. The summed E-state index contributed by atoms with van der Waals surface area (Å²) in [5.41, 5.74) is 2.86. The van der Waals surface area contributed by atoms with Crippen molar-refractivity contribution in [3.05, 3.63) is 90.6 Å². The molecule has 5 heteroatoms. The number of carbonyl (C=O) groups is 1. The van der Waals surface area contributed by atoms with Gasteiger partial charge in [0, 0.05) is 21.7 Å². The maximum atomic E-state index is 12.9. The molecule has 28 heavy (non-hydrogen) atoms. The van der Waals surface area contributed by atoms with Gasteiger partial charge in [-0.15, -0.1) is 11.8 Å². The number of carbonyl (C=O) groups excluding carboxylic acids is 1. The molecule has 0 saturated heterocycles. The predicted molar refractivity (Wildman–Crippen MR) is 114 cm³/mol. The summed E-state index contributed by atoms with van der Waals surface area (Å²) in [6, 6.07) is 24.8. The van der Waals surface area contributed by atoms with Crippen LogP contribution < -0.4 is 5.32 Å². The van der Waals surface area contributed by atoms with Crippen molar-refractivity contribution in [3.8, 4) is 22.8 Å². The van der Waals surface area contributed by atoms with Gasteiger partial charge in [-0.2, -0.15) is 0 Å². The monoisotopic (exact) mass is 386 g/mol. The Morgan fingerprint density at radius 2 is 1.75 bits per heavy atom. The Hall–Kier alpha value is -3.31. The average molecular weight is 386 g/mol. The van der Waals surface area contributed by atoms with Crippen LogP contribution in [0.2, 0.25) is 0 Å². The fourth-order valence-corrected chi connectivity index (χ4v) is 3.36. The van der Waals surface area contributed by atoms with Crippen LogP contribution in [0, 0.1) is 0 Å². The highest BCUT2D eigenvalue weighted by Gasteiger charge is 2.17. The van der Waals surface area contributed by atoms with Gasteiger partial charge in [0.05, 0.1) is 11.8 Å². The van der Waals surface area contributed by atoms with Crippen molar-refractivity contribution in [3.63, 3.8) is 0 Å². The Morgan fingerprint density at radius 3 is 2.57 bits per heavy atom. The lowest BCUT2D eigenvalue weighted by Crippen LogP contribution is -2.13. The molecule has 0 spiro atoms. The van der Waals surface area contributed by atoms with Crippen molar-refractivity contribution in [2.45, 2.75) is 4.90 Å². The van der Waals surface area contributed by atoms with Gasteiger partial charge >= 0.3 is 0 Å². The van der Waals surface area contributed by atoms with E-state index >= 15 is 0 Å². The molecule has 1 heterocycles. The molecule has 0 aliphatic heterocycles. The largest absolute Gasteiger partial charge is 0.436 e. The van der Waals surface area contributed by atoms with Crippen LogP contribution >= 0.6 is 11.8 Å². The highest BCUT2D eigenvalue weighted by Crippen LogP contribution is 2.29. The summed E-state index contributed by atoms with van der Waals surface area (Å²) in [4.78, 5) is 18.4. The van der Waals surface area contributed by atoms with Crippen molar-refractivity contribution >= 4 is 23.4 Å². The molecule has 4 aromatic rings. The van der Waals surface area contributed by atoms with Crippen LogP contribution in [0.25, 0.3) is 22.8 Å². The van der Waals surface area contributed by atoms with Gasteiger partial charge in [-0.1, -0.05) is 48.5 Å². The lowest BCUT2D eigenvalue weighted by Gasteiger charge is -2.09. The maximum absolute atomic E-state index is 12.9. The number of oxazole rings is 1. The normalized spacial score (nSPS) is 10.6. The van der Waals surface area contributed by atoms with Crippen LogP contribution in [0.1, 0.15) is 10.4 Å². The molecule has 1 amide bonds. The van der Waals surface area contributed by atoms with Crippen molar-refractivity contribution in [2.24, 2.45) is 0 Å². The first kappa shape index (κ1) is 18.1. The lowest BCUT2D eigenvalue weighted by molar-refractivity contribution is 0.102. The van der Waals surface area contributed by atoms with E-state index in [2.05, 4.69) is 10.3 Å². The molecule has 1 N–H and O–H groups in total. The van der Waals surface area contributed by atoms with Crippen molar-refractivity contribution < 1.29 is 9.21 Å². The number of aromatic nitrogens is 1. The second-order valence-electron chi connectivity index (χ2n) is 6.13. The molecule has 0 fully saturated rings. The molecule has 0 saturated carbocycles. The van der Waals surface area contributed by atoms with E-state index < -0.39 is 0 Å². The molecule has 0 aliphatic rings. The van der Waals surface area contributed by atoms with Crippen molar-refractivity contribution in [1.82, 2.24) is 4.98 Å². The van der Waals surface area contributed by atoms with Crippen molar-refractivity contribution in [2.75, 3.05) is 11.6 Å². The Labute approximate surface area is 167 Å². The van der Waals surface area contributed by atoms with E-state index in [1.165, 1.54) is 0 Å². The third-order valence-corrected chi connectivity index (χ3v) is 5.02. The number of anilines is 1. The summed E-state index contributed by atoms with van der Waals surface area (Å²) in [5, 5.41) is 2.96. The van der Waals surface area contributed by atoms with Gasteiger partial charge in [-0.25, -0.2) is 4.98 Å². The van der Waals surface area contributed by atoms with Gasteiger partial charge in [-0.3, -0.25) is 4.79 Å². The Balaban J connectivity index is 1.64. The third-order valence-electron chi connectivity index (χ3n) is 4.29. The summed E-state index contributed by atoms with van der Waals surface area (Å²) in [6.45, 7) is 0. The summed E-state index contributed by atoms with van der Waals surface area (Å²) >= 11 is 1.63. The van der Waals surface area contributed by atoms with Gasteiger partial charge < -0.3 is 9.73 Å². The smallest absolute Gasteiger partial charge is 0.256 e. The number of benzene rings is 3. The topological polar surface area (TPSA) is 55.1 Å². The molecule has 0 radical (unpaired) electrons. The highest BCUT2D eigenvalue weighted by molar-refractivity contribution is 7.98. The van der Waals surface area contributed by atoms with E-state index in [1.807, 2.05) is 79.1 Å². The van der Waals surface area contributed by atoms with Crippen LogP contribution in [0.4, 0.5) is 5.69 Å². The van der Waals surface area contributed by atoms with Gasteiger partial charge in [0.25, 0.3) is 5.91 Å². The first-order chi connectivity index (χ1) is 13.7. The Morgan fingerprint density at radius 1 is 0.964 bits per heavy atom. The first-order valence-electron chi connectivity index (χ1n) is 8.80. The second kappa shape index (κ2) is 8.15. The van der Waals surface area contributed by atoms with Crippen LogP contribution in [0.3, 0.4) is 0 Å². The Kier molecular flexibility index (Phi) is 5.26. The van der Waals surface area contributed by atoms with E-state index in [1.54, 1.807) is 24.0 Å². The van der Waals surface area contributed by atoms with Gasteiger partial charge in [0.15, 0.2) is 5.76 Å². The maximum Gasteiger partial charge on any atom is 0.256 e. The number of nitrogens with zero attached hydrogens (tertiary/aromatic N) is 1. The molecule has 0 bridgehead atoms. The van der Waals surface area contributed by atoms with Gasteiger partial charge in [-0.05, 0) is 36.6 Å². The van der Waals surface area contributed by atoms with Crippen LogP contribution in [-0.4, -0.2) is 17.1 Å². The molecule has 0 unspecified atom stereocenters. The first-order valence-corrected chi connectivity index (χ1v) is 10.0. The molecule has 3 aromatic carbocycles. The zero-order valence-electron chi connectivity index (χ0n) is 15.3. The standard InChI is InChI=1S/C23H18N2O2S/c1-28-18-11-7-10-17(14-18)25-22(26)19-12-5-6-13-20(19)23-24-15-21(27-23)16-8-3-2-4-9-16/h2-15H,1H3,(H,25,26). The number of hydrogen-bond donors (Lipinski definition) is 1. The van der Waals surface area contributed by atoms with Crippen molar-refractivity contribution in [1.29, 1.82) is 0 Å². The van der Waals surface area contributed by atoms with E-state index in [0.29, 0.717) is 22.8 Å². The van der Waals surface area contributed by atoms with Crippen LogP contribution in [-0.2, 0) is 0 Å². The summed E-state index contributed by atoms with van der Waals surface area (Å²) < 4.78 is 5.94. The fourth-order valence-electron chi connectivity index (χ4n) is 2.90. The van der Waals surface area contributed by atoms with E-state index in [-0.39, 0.29) is 5.91 Å². The zero-order chi connectivity index (χ0) is 19.3. The lowest BCUT2D eigenvalue weighted by atomic mass is 10.1. The number of hydrogen-bond acceptors (Lipinski definition) is 4. The molecule has 1 aromatic heterocycles. The molecular weight excluding hydrogens is 368 g/mol. The predicted octanol–water partition coefficient (Wildman–Crippen LogP) is 5.98. The second-order valence-corrected chi connectivity index (χ2v) is 7.01. The molecule has 4 rings (SSSR count). The van der Waals surface area contributed by atoms with Gasteiger partial charge in [0.2, 0.25) is 5.89 Å². The summed E-state index contributed by atoms with van der Waals surface area (Å²) in [7, 11) is 0. The third kappa shape index (κ3) is 3.85. The van der Waals surface area contributed by atoms with Crippen LogP contribution in [0.15, 0.2) is 94.4 Å². The quantitative estimate of drug-likeness (QED) is 0.429. The van der Waals surface area contributed by atoms with E-state index in [9.17, 15) is 4.79 Å². The molecule has 0 atom stereocenters. The van der Waals surface area contributed by atoms with Gasteiger partial charge in [0.1, 0.15) is 0 Å². The molecule has 138 valence electrons. The average Bonchev–Trinajstić information content (AvgIpc) is 3.25. The van der Waals surface area contributed by atoms with E-state index in [4.69, 9.17) is 4.42 Å². The molecule has 0 aliphatic carbocycles. The SMILES string of the molecule is CSc1cccc(NC(=O)c2ccccc2-c2ncc(-c3ccccc3)o2)c1. The Bertz CT molecular complexity index is 1110. The minimum Gasteiger partial charge on any atom is -0.436 e. The van der Waals surface area contributed by atoms with E-state index in [0.717, 1.165) is 16.1 Å². The molecular formula is C23H18N2O2S. The molecule has 4 nitrogen and oxygen atoms in total. The summed E-state index contributed by atoms with van der Waals surface area (Å²) in [6.07, 6.45) is 3.68. The minimum atomic E-state index is -0.201. The zero-order valence-corrected chi connectivity index (χ0v) is 16.1.